The largest absolute Gasteiger partial charge is 0.312 e. The van der Waals surface area contributed by atoms with Crippen LogP contribution in [-0.2, 0) is 27.7 Å². The van der Waals surface area contributed by atoms with Gasteiger partial charge in [0.15, 0.2) is 0 Å². The maximum absolute atomic E-state index is 12.7. The lowest BCUT2D eigenvalue weighted by Gasteiger charge is -2.18. The first-order chi connectivity index (χ1) is 12.5. The summed E-state index contributed by atoms with van der Waals surface area (Å²) in [4.78, 5) is 13.8. The molecule has 1 heterocycles. The second-order valence-electron chi connectivity index (χ2n) is 6.94. The number of carbonyl (C=O) groups excluding carboxylic acids is 1. The molecule has 2 aliphatic rings. The van der Waals surface area contributed by atoms with Gasteiger partial charge in [-0.1, -0.05) is 6.07 Å². The van der Waals surface area contributed by atoms with Gasteiger partial charge in [0.05, 0.1) is 4.90 Å². The lowest BCUT2D eigenvalue weighted by molar-refractivity contribution is -0.117. The normalized spacial score (nSPS) is 17.2. The van der Waals surface area contributed by atoms with Gasteiger partial charge in [0, 0.05) is 24.3 Å². The summed E-state index contributed by atoms with van der Waals surface area (Å²) in [5.74, 6) is 0.118. The van der Waals surface area contributed by atoms with Crippen LogP contribution in [0, 0.1) is 0 Å². The molecule has 1 saturated heterocycles. The zero-order valence-electron chi connectivity index (χ0n) is 14.6. The molecular formula is C20H22N2O3S. The van der Waals surface area contributed by atoms with Crippen molar-refractivity contribution in [2.45, 2.75) is 43.4 Å². The Bertz CT molecular complexity index is 936. The molecule has 2 aromatic carbocycles. The third-order valence-corrected chi connectivity index (χ3v) is 6.51. The molecule has 0 unspecified atom stereocenters. The molecule has 26 heavy (non-hydrogen) atoms. The second-order valence-corrected chi connectivity index (χ2v) is 8.62. The number of fused-ring (bicyclic) bond motifs is 1. The van der Waals surface area contributed by atoms with Crippen molar-refractivity contribution in [2.24, 2.45) is 0 Å². The van der Waals surface area contributed by atoms with Gasteiger partial charge in [-0.05, 0) is 79.6 Å². The molecule has 0 bridgehead atoms. The monoisotopic (exact) mass is 370 g/mol. The molecule has 1 amide bonds. The van der Waals surface area contributed by atoms with E-state index in [2.05, 4.69) is 4.72 Å². The standard InChI is InChI=1S/C20H22N2O3S/c23-20-6-3-13-22(20)18-10-8-17(9-11-18)21-26(24,25)19-12-7-15-4-1-2-5-16(15)14-19/h7-12,14,21H,1-6,13H2. The van der Waals surface area contributed by atoms with Gasteiger partial charge < -0.3 is 4.90 Å². The first-order valence-electron chi connectivity index (χ1n) is 9.08. The molecule has 2 aromatic rings. The molecule has 1 aliphatic heterocycles. The van der Waals surface area contributed by atoms with Crippen LogP contribution >= 0.6 is 0 Å². The molecule has 1 N–H and O–H groups in total. The van der Waals surface area contributed by atoms with E-state index in [1.54, 1.807) is 41.3 Å². The van der Waals surface area contributed by atoms with E-state index in [0.29, 0.717) is 17.0 Å². The topological polar surface area (TPSA) is 66.5 Å². The van der Waals surface area contributed by atoms with Crippen molar-refractivity contribution in [1.82, 2.24) is 0 Å². The van der Waals surface area contributed by atoms with Gasteiger partial charge in [-0.15, -0.1) is 0 Å². The number of nitrogens with one attached hydrogen (secondary N) is 1. The van der Waals surface area contributed by atoms with E-state index in [9.17, 15) is 13.2 Å². The van der Waals surface area contributed by atoms with E-state index in [0.717, 1.165) is 43.5 Å². The molecule has 0 saturated carbocycles. The average molecular weight is 370 g/mol. The summed E-state index contributed by atoms with van der Waals surface area (Å²) in [6.45, 7) is 0.721. The Labute approximate surface area is 154 Å². The van der Waals surface area contributed by atoms with Crippen LogP contribution in [0.4, 0.5) is 11.4 Å². The highest BCUT2D eigenvalue weighted by Crippen LogP contribution is 2.27. The van der Waals surface area contributed by atoms with Crippen molar-refractivity contribution in [1.29, 1.82) is 0 Å². The zero-order valence-corrected chi connectivity index (χ0v) is 15.4. The molecule has 4 rings (SSSR count). The summed E-state index contributed by atoms with van der Waals surface area (Å²) in [5.41, 5.74) is 3.71. The first kappa shape index (κ1) is 17.1. The van der Waals surface area contributed by atoms with E-state index in [-0.39, 0.29) is 5.91 Å². The molecule has 0 atom stereocenters. The van der Waals surface area contributed by atoms with Crippen molar-refractivity contribution >= 4 is 27.3 Å². The number of amides is 1. The Balaban J connectivity index is 1.53. The third-order valence-electron chi connectivity index (χ3n) is 5.13. The van der Waals surface area contributed by atoms with Gasteiger partial charge in [-0.25, -0.2) is 8.42 Å². The number of hydrogen-bond acceptors (Lipinski definition) is 3. The van der Waals surface area contributed by atoms with Crippen LogP contribution in [0.5, 0.6) is 0 Å². The van der Waals surface area contributed by atoms with Crippen molar-refractivity contribution in [3.05, 3.63) is 53.6 Å². The van der Waals surface area contributed by atoms with E-state index in [4.69, 9.17) is 0 Å². The maximum Gasteiger partial charge on any atom is 0.261 e. The highest BCUT2D eigenvalue weighted by Gasteiger charge is 2.22. The highest BCUT2D eigenvalue weighted by molar-refractivity contribution is 7.92. The van der Waals surface area contributed by atoms with Gasteiger partial charge in [-0.3, -0.25) is 9.52 Å². The van der Waals surface area contributed by atoms with Crippen LogP contribution in [-0.4, -0.2) is 20.9 Å². The molecular weight excluding hydrogens is 348 g/mol. The Hall–Kier alpha value is -2.34. The minimum Gasteiger partial charge on any atom is -0.312 e. The summed E-state index contributed by atoms with van der Waals surface area (Å²) in [7, 11) is -3.62. The van der Waals surface area contributed by atoms with Crippen LogP contribution in [0.15, 0.2) is 47.4 Å². The van der Waals surface area contributed by atoms with Gasteiger partial charge in [0.25, 0.3) is 10.0 Å². The zero-order chi connectivity index (χ0) is 18.1. The summed E-state index contributed by atoms with van der Waals surface area (Å²) in [6, 6.07) is 12.4. The fourth-order valence-electron chi connectivity index (χ4n) is 3.72. The van der Waals surface area contributed by atoms with Gasteiger partial charge >= 0.3 is 0 Å². The Morgan fingerprint density at radius 2 is 1.58 bits per heavy atom. The average Bonchev–Trinajstić information content (AvgIpc) is 3.07. The van der Waals surface area contributed by atoms with Crippen LogP contribution in [0.25, 0.3) is 0 Å². The van der Waals surface area contributed by atoms with Crippen molar-refractivity contribution in [3.63, 3.8) is 0 Å². The maximum atomic E-state index is 12.7. The lowest BCUT2D eigenvalue weighted by Crippen LogP contribution is -2.23. The summed E-state index contributed by atoms with van der Waals surface area (Å²) in [5, 5.41) is 0. The quantitative estimate of drug-likeness (QED) is 0.896. The predicted molar refractivity (Wildman–Crippen MR) is 102 cm³/mol. The van der Waals surface area contributed by atoms with Crippen molar-refractivity contribution < 1.29 is 13.2 Å². The number of anilines is 2. The molecule has 136 valence electrons. The van der Waals surface area contributed by atoms with E-state index in [1.165, 1.54) is 12.0 Å². The molecule has 1 fully saturated rings. The van der Waals surface area contributed by atoms with E-state index >= 15 is 0 Å². The minimum absolute atomic E-state index is 0.118. The van der Waals surface area contributed by atoms with Crippen molar-refractivity contribution in [3.8, 4) is 0 Å². The Kier molecular flexibility index (Phi) is 4.44. The summed E-state index contributed by atoms with van der Waals surface area (Å²) >= 11 is 0. The fourth-order valence-corrected chi connectivity index (χ4v) is 4.83. The number of hydrogen-bond donors (Lipinski definition) is 1. The van der Waals surface area contributed by atoms with Crippen LogP contribution in [0.1, 0.15) is 36.8 Å². The van der Waals surface area contributed by atoms with Gasteiger partial charge in [0.1, 0.15) is 0 Å². The Morgan fingerprint density at radius 3 is 2.27 bits per heavy atom. The SMILES string of the molecule is O=C1CCCN1c1ccc(NS(=O)(=O)c2ccc3c(c2)CCCC3)cc1. The summed E-state index contributed by atoms with van der Waals surface area (Å²) in [6.07, 6.45) is 5.69. The molecule has 0 spiro atoms. The fraction of sp³-hybridized carbons (Fsp3) is 0.350. The number of carbonyl (C=O) groups is 1. The van der Waals surface area contributed by atoms with E-state index < -0.39 is 10.0 Å². The smallest absolute Gasteiger partial charge is 0.261 e. The molecule has 6 heteroatoms. The van der Waals surface area contributed by atoms with E-state index in [1.807, 2.05) is 6.07 Å². The second kappa shape index (κ2) is 6.76. The van der Waals surface area contributed by atoms with Crippen LogP contribution in [0.2, 0.25) is 0 Å². The minimum atomic E-state index is -3.62. The molecule has 0 aromatic heterocycles. The molecule has 1 aliphatic carbocycles. The first-order valence-corrected chi connectivity index (χ1v) is 10.6. The number of benzene rings is 2. The van der Waals surface area contributed by atoms with Gasteiger partial charge in [-0.2, -0.15) is 0 Å². The van der Waals surface area contributed by atoms with Crippen LogP contribution < -0.4 is 9.62 Å². The predicted octanol–water partition coefficient (Wildman–Crippen LogP) is 3.49. The van der Waals surface area contributed by atoms with Gasteiger partial charge in [0.2, 0.25) is 5.91 Å². The third kappa shape index (κ3) is 3.33. The number of nitrogens with zero attached hydrogens (tertiary/aromatic N) is 1. The highest BCUT2D eigenvalue weighted by atomic mass is 32.2. The molecule has 5 nitrogen and oxygen atoms in total. The van der Waals surface area contributed by atoms with Crippen molar-refractivity contribution in [2.75, 3.05) is 16.2 Å². The van der Waals surface area contributed by atoms with Crippen LogP contribution in [0.3, 0.4) is 0 Å². The lowest BCUT2D eigenvalue weighted by atomic mass is 9.92. The number of sulfonamides is 1. The molecule has 0 radical (unpaired) electrons. The number of aryl methyl sites for hydroxylation is 2. The number of rotatable bonds is 4. The Morgan fingerprint density at radius 1 is 0.846 bits per heavy atom. The summed E-state index contributed by atoms with van der Waals surface area (Å²) < 4.78 is 28.0.